The molecule has 1 aromatic carbocycles. The van der Waals surface area contributed by atoms with Crippen molar-refractivity contribution in [3.05, 3.63) is 18.2 Å². The second-order valence-corrected chi connectivity index (χ2v) is 6.03. The minimum absolute atomic E-state index is 0.422. The monoisotopic (exact) mass is 320 g/mol. The Morgan fingerprint density at radius 1 is 1.26 bits per heavy atom. The highest BCUT2D eigenvalue weighted by Crippen LogP contribution is 2.29. The van der Waals surface area contributed by atoms with Gasteiger partial charge in [0, 0.05) is 24.8 Å². The number of methoxy groups -OCH3 is 2. The number of nitrogens with two attached hydrogens (primary N) is 1. The quantitative estimate of drug-likeness (QED) is 0.595. The van der Waals surface area contributed by atoms with Crippen LogP contribution in [0.2, 0.25) is 0 Å². The molecule has 1 unspecified atom stereocenters. The van der Waals surface area contributed by atoms with Crippen molar-refractivity contribution < 1.29 is 9.47 Å². The first-order valence-corrected chi connectivity index (χ1v) is 8.13. The topological polar surface area (TPSA) is 72.1 Å². The van der Waals surface area contributed by atoms with Crippen molar-refractivity contribution in [3.63, 3.8) is 0 Å². The van der Waals surface area contributed by atoms with Gasteiger partial charge in [-0.3, -0.25) is 4.99 Å². The van der Waals surface area contributed by atoms with Gasteiger partial charge in [0.2, 0.25) is 0 Å². The van der Waals surface area contributed by atoms with Crippen LogP contribution in [0.1, 0.15) is 19.8 Å². The Balaban J connectivity index is 1.86. The molecule has 23 heavy (non-hydrogen) atoms. The molecule has 1 aliphatic rings. The number of hydrogen-bond donors (Lipinski definition) is 2. The molecule has 6 nitrogen and oxygen atoms in total. The number of hydrogen-bond acceptors (Lipinski definition) is 4. The van der Waals surface area contributed by atoms with Crippen LogP contribution in [0.3, 0.4) is 0 Å². The molecule has 1 fully saturated rings. The van der Waals surface area contributed by atoms with E-state index >= 15 is 0 Å². The molecule has 0 spiro atoms. The van der Waals surface area contributed by atoms with Crippen molar-refractivity contribution in [1.82, 2.24) is 4.90 Å². The molecule has 3 N–H and O–H groups in total. The minimum atomic E-state index is 0.422. The first-order valence-electron chi connectivity index (χ1n) is 8.13. The first-order chi connectivity index (χ1) is 11.1. The Kier molecular flexibility index (Phi) is 6.52. The average molecular weight is 320 g/mol. The van der Waals surface area contributed by atoms with Crippen LogP contribution in [0.15, 0.2) is 23.2 Å². The van der Waals surface area contributed by atoms with Crippen LogP contribution in [-0.2, 0) is 0 Å². The van der Waals surface area contributed by atoms with Crippen LogP contribution in [-0.4, -0.2) is 51.3 Å². The van der Waals surface area contributed by atoms with E-state index in [0.29, 0.717) is 23.4 Å². The Bertz CT molecular complexity index is 527. The number of aliphatic imine (C=N–C) groups is 1. The van der Waals surface area contributed by atoms with Crippen molar-refractivity contribution >= 4 is 11.6 Å². The number of nitrogens with zero attached hydrogens (tertiary/aromatic N) is 2. The van der Waals surface area contributed by atoms with Crippen molar-refractivity contribution in [2.24, 2.45) is 16.6 Å². The number of anilines is 1. The van der Waals surface area contributed by atoms with Gasteiger partial charge in [0.05, 0.1) is 14.2 Å². The van der Waals surface area contributed by atoms with E-state index in [1.54, 1.807) is 14.2 Å². The van der Waals surface area contributed by atoms with Crippen LogP contribution >= 0.6 is 0 Å². The standard InChI is InChI=1S/C17H28N4O2/c1-13(12-21-8-4-5-9-21)11-19-17(18)20-14-6-7-15(22-2)16(10-14)23-3/h6-7,10,13H,4-5,8-9,11-12H2,1-3H3,(H3,18,19,20). The fourth-order valence-corrected chi connectivity index (χ4v) is 2.82. The van der Waals surface area contributed by atoms with E-state index in [2.05, 4.69) is 22.1 Å². The summed E-state index contributed by atoms with van der Waals surface area (Å²) in [5.74, 6) is 2.27. The lowest BCUT2D eigenvalue weighted by atomic mass is 10.2. The van der Waals surface area contributed by atoms with Gasteiger partial charge in [-0.2, -0.15) is 0 Å². The Labute approximate surface area is 138 Å². The lowest BCUT2D eigenvalue weighted by molar-refractivity contribution is 0.292. The van der Waals surface area contributed by atoms with Gasteiger partial charge in [-0.15, -0.1) is 0 Å². The molecule has 0 saturated carbocycles. The molecule has 2 rings (SSSR count). The fourth-order valence-electron chi connectivity index (χ4n) is 2.82. The van der Waals surface area contributed by atoms with E-state index in [4.69, 9.17) is 15.2 Å². The minimum Gasteiger partial charge on any atom is -0.493 e. The molecule has 1 saturated heterocycles. The predicted octanol–water partition coefficient (Wildman–Crippen LogP) is 2.16. The molecule has 1 heterocycles. The summed E-state index contributed by atoms with van der Waals surface area (Å²) >= 11 is 0. The van der Waals surface area contributed by atoms with E-state index in [-0.39, 0.29) is 0 Å². The maximum Gasteiger partial charge on any atom is 0.193 e. The van der Waals surface area contributed by atoms with E-state index < -0.39 is 0 Å². The van der Waals surface area contributed by atoms with Gasteiger partial charge < -0.3 is 25.4 Å². The number of nitrogens with one attached hydrogen (secondary N) is 1. The summed E-state index contributed by atoms with van der Waals surface area (Å²) in [4.78, 5) is 6.94. The zero-order valence-corrected chi connectivity index (χ0v) is 14.3. The molecule has 128 valence electrons. The van der Waals surface area contributed by atoms with Gasteiger partial charge in [-0.1, -0.05) is 6.92 Å². The smallest absolute Gasteiger partial charge is 0.193 e. The molecule has 0 radical (unpaired) electrons. The third kappa shape index (κ3) is 5.32. The molecule has 0 bridgehead atoms. The first kappa shape index (κ1) is 17.4. The lowest BCUT2D eigenvalue weighted by Crippen LogP contribution is -2.28. The molecule has 1 aromatic rings. The SMILES string of the molecule is COc1ccc(NC(N)=NCC(C)CN2CCCC2)cc1OC. The second kappa shape index (κ2) is 8.62. The summed E-state index contributed by atoms with van der Waals surface area (Å²) in [6.07, 6.45) is 2.64. The fraction of sp³-hybridized carbons (Fsp3) is 0.588. The maximum absolute atomic E-state index is 5.98. The number of rotatable bonds is 7. The highest BCUT2D eigenvalue weighted by molar-refractivity contribution is 5.92. The lowest BCUT2D eigenvalue weighted by Gasteiger charge is -2.19. The third-order valence-electron chi connectivity index (χ3n) is 4.00. The Morgan fingerprint density at radius 3 is 2.61 bits per heavy atom. The molecular weight excluding hydrogens is 292 g/mol. The van der Waals surface area contributed by atoms with Crippen molar-refractivity contribution in [1.29, 1.82) is 0 Å². The summed E-state index contributed by atoms with van der Waals surface area (Å²) in [5, 5.41) is 3.10. The van der Waals surface area contributed by atoms with Crippen molar-refractivity contribution in [2.45, 2.75) is 19.8 Å². The van der Waals surface area contributed by atoms with Crippen LogP contribution in [0.25, 0.3) is 0 Å². The van der Waals surface area contributed by atoms with E-state index in [1.165, 1.54) is 25.9 Å². The van der Waals surface area contributed by atoms with Gasteiger partial charge in [0.15, 0.2) is 17.5 Å². The number of guanidine groups is 1. The Morgan fingerprint density at radius 2 is 1.96 bits per heavy atom. The molecule has 0 aliphatic carbocycles. The zero-order chi connectivity index (χ0) is 16.7. The summed E-state index contributed by atoms with van der Waals surface area (Å²) < 4.78 is 10.5. The van der Waals surface area contributed by atoms with Gasteiger partial charge in [-0.25, -0.2) is 0 Å². The van der Waals surface area contributed by atoms with Crippen LogP contribution < -0.4 is 20.5 Å². The number of likely N-dealkylation sites (tertiary alicyclic amines) is 1. The van der Waals surface area contributed by atoms with Gasteiger partial charge in [0.1, 0.15) is 0 Å². The summed E-state index contributed by atoms with van der Waals surface area (Å²) in [6.45, 7) is 6.46. The van der Waals surface area contributed by atoms with Crippen molar-refractivity contribution in [3.8, 4) is 11.5 Å². The van der Waals surface area contributed by atoms with Crippen LogP contribution in [0.5, 0.6) is 11.5 Å². The van der Waals surface area contributed by atoms with Gasteiger partial charge in [-0.05, 0) is 44.0 Å². The molecule has 1 aliphatic heterocycles. The molecular formula is C17H28N4O2. The summed E-state index contributed by atoms with van der Waals surface area (Å²) in [5.41, 5.74) is 6.81. The zero-order valence-electron chi connectivity index (χ0n) is 14.3. The van der Waals surface area contributed by atoms with Gasteiger partial charge >= 0.3 is 0 Å². The molecule has 0 aromatic heterocycles. The van der Waals surface area contributed by atoms with Crippen LogP contribution in [0.4, 0.5) is 5.69 Å². The normalized spacial score (nSPS) is 17.1. The van der Waals surface area contributed by atoms with E-state index in [9.17, 15) is 0 Å². The number of benzene rings is 1. The molecule has 1 atom stereocenters. The molecule has 6 heteroatoms. The second-order valence-electron chi connectivity index (χ2n) is 6.03. The highest BCUT2D eigenvalue weighted by Gasteiger charge is 2.14. The third-order valence-corrected chi connectivity index (χ3v) is 4.00. The summed E-state index contributed by atoms with van der Waals surface area (Å²) in [6, 6.07) is 5.57. The van der Waals surface area contributed by atoms with E-state index in [0.717, 1.165) is 18.8 Å². The largest absolute Gasteiger partial charge is 0.493 e. The predicted molar refractivity (Wildman–Crippen MR) is 94.5 cm³/mol. The Hall–Kier alpha value is -1.95. The highest BCUT2D eigenvalue weighted by atomic mass is 16.5. The van der Waals surface area contributed by atoms with Crippen molar-refractivity contribution in [2.75, 3.05) is 45.7 Å². The average Bonchev–Trinajstić information content (AvgIpc) is 3.05. The van der Waals surface area contributed by atoms with E-state index in [1.807, 2.05) is 18.2 Å². The van der Waals surface area contributed by atoms with Gasteiger partial charge in [0.25, 0.3) is 0 Å². The maximum atomic E-state index is 5.98. The van der Waals surface area contributed by atoms with Crippen LogP contribution in [0, 0.1) is 5.92 Å². The number of ether oxygens (including phenoxy) is 2. The molecule has 0 amide bonds. The summed E-state index contributed by atoms with van der Waals surface area (Å²) in [7, 11) is 3.22.